The molecule has 0 radical (unpaired) electrons. The topological polar surface area (TPSA) is 39.8 Å². The Morgan fingerprint density at radius 2 is 2.06 bits per heavy atom. The summed E-state index contributed by atoms with van der Waals surface area (Å²) in [5.74, 6) is -0.630. The molecule has 18 heavy (non-hydrogen) atoms. The SMILES string of the molecule is Cc1nn(-c2ccc(F)cc2Br)c(=O)n1C(F)F. The van der Waals surface area contributed by atoms with Gasteiger partial charge in [-0.1, -0.05) is 0 Å². The minimum Gasteiger partial charge on any atom is -0.245 e. The van der Waals surface area contributed by atoms with Crippen molar-refractivity contribution in [1.82, 2.24) is 14.3 Å². The molecule has 0 amide bonds. The van der Waals surface area contributed by atoms with Gasteiger partial charge in [-0.05, 0) is 41.1 Å². The third kappa shape index (κ3) is 2.07. The Hall–Kier alpha value is -1.57. The average Bonchev–Trinajstić information content (AvgIpc) is 2.54. The maximum Gasteiger partial charge on any atom is 0.355 e. The normalized spacial score (nSPS) is 11.2. The van der Waals surface area contributed by atoms with Crippen molar-refractivity contribution < 1.29 is 13.2 Å². The predicted molar refractivity (Wildman–Crippen MR) is 61.5 cm³/mol. The van der Waals surface area contributed by atoms with Crippen LogP contribution in [0.1, 0.15) is 12.4 Å². The Bertz CT molecular complexity index is 650. The van der Waals surface area contributed by atoms with Gasteiger partial charge in [0.25, 0.3) is 0 Å². The highest BCUT2D eigenvalue weighted by Gasteiger charge is 2.19. The molecule has 0 aliphatic carbocycles. The first-order valence-electron chi connectivity index (χ1n) is 4.83. The molecule has 2 aromatic rings. The monoisotopic (exact) mass is 321 g/mol. The van der Waals surface area contributed by atoms with Gasteiger partial charge in [0.15, 0.2) is 0 Å². The Balaban J connectivity index is 2.66. The number of rotatable bonds is 2. The van der Waals surface area contributed by atoms with Crippen molar-refractivity contribution in [2.24, 2.45) is 0 Å². The number of alkyl halides is 2. The van der Waals surface area contributed by atoms with Crippen LogP contribution in [0.3, 0.4) is 0 Å². The minimum absolute atomic E-state index is 0.119. The highest BCUT2D eigenvalue weighted by molar-refractivity contribution is 9.10. The van der Waals surface area contributed by atoms with Crippen molar-refractivity contribution in [3.63, 3.8) is 0 Å². The largest absolute Gasteiger partial charge is 0.355 e. The fourth-order valence-corrected chi connectivity index (χ4v) is 2.03. The number of aromatic nitrogens is 3. The molecule has 96 valence electrons. The van der Waals surface area contributed by atoms with Crippen molar-refractivity contribution in [2.45, 2.75) is 13.5 Å². The summed E-state index contributed by atoms with van der Waals surface area (Å²) in [7, 11) is 0. The Kier molecular flexibility index (Phi) is 3.29. The molecule has 0 bridgehead atoms. The molecule has 0 saturated carbocycles. The molecule has 0 spiro atoms. The summed E-state index contributed by atoms with van der Waals surface area (Å²) < 4.78 is 39.5. The highest BCUT2D eigenvalue weighted by Crippen LogP contribution is 2.21. The van der Waals surface area contributed by atoms with Gasteiger partial charge in [0, 0.05) is 4.47 Å². The second kappa shape index (κ2) is 4.60. The van der Waals surface area contributed by atoms with Crippen molar-refractivity contribution in [3.05, 3.63) is 44.8 Å². The quantitative estimate of drug-likeness (QED) is 0.853. The summed E-state index contributed by atoms with van der Waals surface area (Å²) in [4.78, 5) is 11.7. The van der Waals surface area contributed by atoms with Crippen LogP contribution in [-0.2, 0) is 0 Å². The van der Waals surface area contributed by atoms with Gasteiger partial charge in [-0.15, -0.1) is 5.10 Å². The second-order valence-corrected chi connectivity index (χ2v) is 4.34. The molecule has 0 aliphatic heterocycles. The first-order chi connectivity index (χ1) is 8.41. The summed E-state index contributed by atoms with van der Waals surface area (Å²) in [6, 6.07) is 3.52. The first-order valence-corrected chi connectivity index (χ1v) is 5.63. The van der Waals surface area contributed by atoms with Gasteiger partial charge in [-0.25, -0.2) is 13.8 Å². The molecule has 1 aromatic heterocycles. The maximum atomic E-state index is 12.9. The van der Waals surface area contributed by atoms with Gasteiger partial charge in [-0.3, -0.25) is 0 Å². The van der Waals surface area contributed by atoms with Crippen LogP contribution in [0.2, 0.25) is 0 Å². The van der Waals surface area contributed by atoms with Crippen molar-refractivity contribution in [3.8, 4) is 5.69 Å². The van der Waals surface area contributed by atoms with Crippen LogP contribution in [0.15, 0.2) is 27.5 Å². The number of hydrogen-bond donors (Lipinski definition) is 0. The van der Waals surface area contributed by atoms with Crippen molar-refractivity contribution in [1.29, 1.82) is 0 Å². The molecule has 4 nitrogen and oxygen atoms in total. The summed E-state index contributed by atoms with van der Waals surface area (Å²) >= 11 is 3.05. The zero-order chi connectivity index (χ0) is 13.4. The zero-order valence-corrected chi connectivity index (χ0v) is 10.7. The predicted octanol–water partition coefficient (Wildman–Crippen LogP) is 2.64. The smallest absolute Gasteiger partial charge is 0.245 e. The van der Waals surface area contributed by atoms with Gasteiger partial charge >= 0.3 is 12.2 Å². The van der Waals surface area contributed by atoms with Crippen LogP contribution in [0.25, 0.3) is 5.69 Å². The van der Waals surface area contributed by atoms with E-state index < -0.39 is 18.1 Å². The Labute approximate surface area is 108 Å². The number of benzene rings is 1. The molecular formula is C10H7BrF3N3O. The molecule has 1 aromatic carbocycles. The molecule has 0 saturated heterocycles. The molecule has 0 N–H and O–H groups in total. The van der Waals surface area contributed by atoms with Crippen LogP contribution in [0.5, 0.6) is 0 Å². The van der Waals surface area contributed by atoms with Crippen LogP contribution >= 0.6 is 15.9 Å². The molecular weight excluding hydrogens is 315 g/mol. The summed E-state index contributed by atoms with van der Waals surface area (Å²) in [5.41, 5.74) is -0.779. The fraction of sp³-hybridized carbons (Fsp3) is 0.200. The molecule has 0 atom stereocenters. The molecule has 1 heterocycles. The van der Waals surface area contributed by atoms with E-state index in [0.29, 0.717) is 0 Å². The van der Waals surface area contributed by atoms with Crippen LogP contribution in [0, 0.1) is 12.7 Å². The second-order valence-electron chi connectivity index (χ2n) is 3.48. The summed E-state index contributed by atoms with van der Waals surface area (Å²) in [6.07, 6.45) is 0. The molecule has 2 rings (SSSR count). The maximum absolute atomic E-state index is 12.9. The van der Waals surface area contributed by atoms with Crippen molar-refractivity contribution in [2.75, 3.05) is 0 Å². The fourth-order valence-electron chi connectivity index (χ4n) is 1.51. The lowest BCUT2D eigenvalue weighted by Crippen LogP contribution is -2.24. The van der Waals surface area contributed by atoms with Gasteiger partial charge in [0.2, 0.25) is 0 Å². The van der Waals surface area contributed by atoms with Gasteiger partial charge in [0.05, 0.1) is 5.69 Å². The number of nitrogens with zero attached hydrogens (tertiary/aromatic N) is 3. The third-order valence-corrected chi connectivity index (χ3v) is 2.95. The summed E-state index contributed by atoms with van der Waals surface area (Å²) in [5, 5.41) is 3.73. The van der Waals surface area contributed by atoms with Gasteiger partial charge < -0.3 is 0 Å². The molecule has 0 unspecified atom stereocenters. The Morgan fingerprint density at radius 1 is 1.39 bits per heavy atom. The van der Waals surface area contributed by atoms with E-state index in [-0.39, 0.29) is 20.6 Å². The van der Waals surface area contributed by atoms with Crippen LogP contribution < -0.4 is 5.69 Å². The number of aryl methyl sites for hydroxylation is 1. The molecule has 0 aliphatic rings. The zero-order valence-electron chi connectivity index (χ0n) is 9.07. The van der Waals surface area contributed by atoms with Crippen LogP contribution in [0.4, 0.5) is 13.2 Å². The molecule has 0 fully saturated rings. The van der Waals surface area contributed by atoms with E-state index in [1.165, 1.54) is 13.0 Å². The van der Waals surface area contributed by atoms with E-state index in [4.69, 9.17) is 0 Å². The van der Waals surface area contributed by atoms with E-state index in [1.807, 2.05) is 0 Å². The third-order valence-electron chi connectivity index (χ3n) is 2.31. The van der Waals surface area contributed by atoms with Crippen molar-refractivity contribution >= 4 is 15.9 Å². The highest BCUT2D eigenvalue weighted by atomic mass is 79.9. The minimum atomic E-state index is -2.97. The average molecular weight is 322 g/mol. The first kappa shape index (κ1) is 12.9. The standard InChI is InChI=1S/C10H7BrF3N3O/c1-5-15-17(10(18)16(5)9(13)14)8-3-2-6(12)4-7(8)11/h2-4,9H,1H3. The lowest BCUT2D eigenvalue weighted by atomic mass is 10.3. The lowest BCUT2D eigenvalue weighted by molar-refractivity contribution is 0.0640. The Morgan fingerprint density at radius 3 is 2.56 bits per heavy atom. The van der Waals surface area contributed by atoms with E-state index in [1.54, 1.807) is 0 Å². The number of halogens is 4. The van der Waals surface area contributed by atoms with E-state index in [0.717, 1.165) is 16.8 Å². The molecule has 8 heteroatoms. The van der Waals surface area contributed by atoms with Gasteiger partial charge in [-0.2, -0.15) is 13.5 Å². The van der Waals surface area contributed by atoms with E-state index in [2.05, 4.69) is 21.0 Å². The van der Waals surface area contributed by atoms with Gasteiger partial charge in [0.1, 0.15) is 11.6 Å². The van der Waals surface area contributed by atoms with E-state index in [9.17, 15) is 18.0 Å². The van der Waals surface area contributed by atoms with Crippen LogP contribution in [-0.4, -0.2) is 14.3 Å². The summed E-state index contributed by atoms with van der Waals surface area (Å²) in [6.45, 7) is -1.67. The van der Waals surface area contributed by atoms with E-state index >= 15 is 0 Å². The number of hydrogen-bond acceptors (Lipinski definition) is 2. The lowest BCUT2D eigenvalue weighted by Gasteiger charge is -2.02.